The lowest BCUT2D eigenvalue weighted by molar-refractivity contribution is 0.252. The second kappa shape index (κ2) is 5.03. The quantitative estimate of drug-likeness (QED) is 0.544. The van der Waals surface area contributed by atoms with E-state index in [0.29, 0.717) is 6.61 Å². The standard InChI is InChI=1S/C13H16O3/c1-3-4-10-5-6-12(13(7-10)14-2)16-9-11-8-15-11/h3,5-7,11H,1,4,8-9H2,2H3/t11-/m1/s1. The zero-order valence-corrected chi connectivity index (χ0v) is 9.44. The van der Waals surface area contributed by atoms with Crippen LogP contribution in [0.25, 0.3) is 0 Å². The van der Waals surface area contributed by atoms with E-state index in [2.05, 4.69) is 6.58 Å². The van der Waals surface area contributed by atoms with Gasteiger partial charge in [-0.15, -0.1) is 6.58 Å². The van der Waals surface area contributed by atoms with Gasteiger partial charge in [0.15, 0.2) is 11.5 Å². The number of epoxide rings is 1. The predicted molar refractivity (Wildman–Crippen MR) is 62.1 cm³/mol. The van der Waals surface area contributed by atoms with Gasteiger partial charge in [0.05, 0.1) is 13.7 Å². The van der Waals surface area contributed by atoms with Gasteiger partial charge in [-0.2, -0.15) is 0 Å². The maximum atomic E-state index is 5.61. The van der Waals surface area contributed by atoms with Gasteiger partial charge in [-0.05, 0) is 24.1 Å². The van der Waals surface area contributed by atoms with Gasteiger partial charge in [-0.3, -0.25) is 0 Å². The Morgan fingerprint density at radius 3 is 2.94 bits per heavy atom. The molecule has 1 aromatic carbocycles. The molecule has 3 heteroatoms. The monoisotopic (exact) mass is 220 g/mol. The Bertz CT molecular complexity index is 369. The number of hydrogen-bond acceptors (Lipinski definition) is 3. The molecule has 0 spiro atoms. The molecule has 1 aliphatic heterocycles. The van der Waals surface area contributed by atoms with E-state index in [-0.39, 0.29) is 6.10 Å². The van der Waals surface area contributed by atoms with Gasteiger partial charge in [0.2, 0.25) is 0 Å². The number of allylic oxidation sites excluding steroid dienone is 1. The van der Waals surface area contributed by atoms with Crippen LogP contribution in [0.15, 0.2) is 30.9 Å². The van der Waals surface area contributed by atoms with E-state index in [1.807, 2.05) is 24.3 Å². The molecule has 0 radical (unpaired) electrons. The minimum Gasteiger partial charge on any atom is -0.493 e. The first-order valence-electron chi connectivity index (χ1n) is 5.35. The second-order valence-corrected chi connectivity index (χ2v) is 3.74. The first-order valence-corrected chi connectivity index (χ1v) is 5.35. The molecule has 1 fully saturated rings. The SMILES string of the molecule is C=CCc1ccc(OC[C@H]2CO2)c(OC)c1. The van der Waals surface area contributed by atoms with E-state index in [0.717, 1.165) is 24.5 Å². The van der Waals surface area contributed by atoms with Crippen LogP contribution in [0.2, 0.25) is 0 Å². The maximum absolute atomic E-state index is 5.61. The highest BCUT2D eigenvalue weighted by Gasteiger charge is 2.23. The third-order valence-corrected chi connectivity index (χ3v) is 2.44. The van der Waals surface area contributed by atoms with Crippen molar-refractivity contribution >= 4 is 0 Å². The van der Waals surface area contributed by atoms with Crippen LogP contribution in [0.4, 0.5) is 0 Å². The molecule has 0 N–H and O–H groups in total. The van der Waals surface area contributed by atoms with Crippen molar-refractivity contribution in [1.82, 2.24) is 0 Å². The molecule has 3 nitrogen and oxygen atoms in total. The summed E-state index contributed by atoms with van der Waals surface area (Å²) in [5, 5.41) is 0. The van der Waals surface area contributed by atoms with E-state index >= 15 is 0 Å². The van der Waals surface area contributed by atoms with Gasteiger partial charge in [-0.25, -0.2) is 0 Å². The summed E-state index contributed by atoms with van der Waals surface area (Å²) in [6.45, 7) is 5.11. The molecule has 0 aliphatic carbocycles. The van der Waals surface area contributed by atoms with Crippen LogP contribution >= 0.6 is 0 Å². The molecular weight excluding hydrogens is 204 g/mol. The first-order chi connectivity index (χ1) is 7.83. The van der Waals surface area contributed by atoms with Crippen molar-refractivity contribution in [2.24, 2.45) is 0 Å². The molecule has 0 aromatic heterocycles. The molecule has 0 amide bonds. The summed E-state index contributed by atoms with van der Waals surface area (Å²) in [4.78, 5) is 0. The van der Waals surface area contributed by atoms with E-state index in [4.69, 9.17) is 14.2 Å². The number of hydrogen-bond donors (Lipinski definition) is 0. The Balaban J connectivity index is 2.06. The lowest BCUT2D eigenvalue weighted by Crippen LogP contribution is -2.05. The van der Waals surface area contributed by atoms with Crippen LogP contribution in [-0.2, 0) is 11.2 Å². The van der Waals surface area contributed by atoms with Crippen molar-refractivity contribution in [2.75, 3.05) is 20.3 Å². The zero-order chi connectivity index (χ0) is 11.4. The maximum Gasteiger partial charge on any atom is 0.161 e. The Labute approximate surface area is 95.6 Å². The number of ether oxygens (including phenoxy) is 3. The average Bonchev–Trinajstić information content (AvgIpc) is 3.11. The van der Waals surface area contributed by atoms with Crippen molar-refractivity contribution in [1.29, 1.82) is 0 Å². The Kier molecular flexibility index (Phi) is 3.47. The molecule has 1 saturated heterocycles. The minimum atomic E-state index is 0.262. The van der Waals surface area contributed by atoms with E-state index in [9.17, 15) is 0 Å². The highest BCUT2D eigenvalue weighted by atomic mass is 16.6. The molecule has 1 aliphatic rings. The van der Waals surface area contributed by atoms with Gasteiger partial charge >= 0.3 is 0 Å². The molecule has 2 rings (SSSR count). The predicted octanol–water partition coefficient (Wildman–Crippen LogP) is 2.20. The van der Waals surface area contributed by atoms with Crippen LogP contribution in [0, 0.1) is 0 Å². The largest absolute Gasteiger partial charge is 0.493 e. The van der Waals surface area contributed by atoms with E-state index in [1.54, 1.807) is 7.11 Å². The topological polar surface area (TPSA) is 31.0 Å². The summed E-state index contributed by atoms with van der Waals surface area (Å²) in [5.74, 6) is 1.53. The van der Waals surface area contributed by atoms with E-state index < -0.39 is 0 Å². The third kappa shape index (κ3) is 2.76. The summed E-state index contributed by atoms with van der Waals surface area (Å²) >= 11 is 0. The van der Waals surface area contributed by atoms with Gasteiger partial charge in [-0.1, -0.05) is 12.1 Å². The van der Waals surface area contributed by atoms with Gasteiger partial charge in [0.1, 0.15) is 12.7 Å². The number of methoxy groups -OCH3 is 1. The molecule has 0 unspecified atom stereocenters. The summed E-state index contributed by atoms with van der Waals surface area (Å²) < 4.78 is 16.0. The molecule has 1 atom stereocenters. The third-order valence-electron chi connectivity index (χ3n) is 2.44. The lowest BCUT2D eigenvalue weighted by Gasteiger charge is -2.10. The highest BCUT2D eigenvalue weighted by molar-refractivity contribution is 5.43. The van der Waals surface area contributed by atoms with E-state index in [1.165, 1.54) is 5.56 Å². The van der Waals surface area contributed by atoms with Crippen LogP contribution < -0.4 is 9.47 Å². The summed E-state index contributed by atoms with van der Waals surface area (Å²) in [7, 11) is 1.65. The fourth-order valence-corrected chi connectivity index (χ4v) is 1.47. The lowest BCUT2D eigenvalue weighted by atomic mass is 10.1. The number of rotatable bonds is 6. The van der Waals surface area contributed by atoms with Crippen molar-refractivity contribution in [3.8, 4) is 11.5 Å². The molecule has 86 valence electrons. The van der Waals surface area contributed by atoms with Crippen LogP contribution in [-0.4, -0.2) is 26.4 Å². The van der Waals surface area contributed by atoms with Gasteiger partial charge in [0, 0.05) is 0 Å². The van der Waals surface area contributed by atoms with Gasteiger partial charge < -0.3 is 14.2 Å². The van der Waals surface area contributed by atoms with Crippen molar-refractivity contribution in [3.63, 3.8) is 0 Å². The molecule has 0 bridgehead atoms. The Morgan fingerprint density at radius 1 is 1.50 bits per heavy atom. The van der Waals surface area contributed by atoms with Crippen molar-refractivity contribution in [3.05, 3.63) is 36.4 Å². The normalized spacial score (nSPS) is 17.9. The average molecular weight is 220 g/mol. The molecule has 16 heavy (non-hydrogen) atoms. The molecule has 0 saturated carbocycles. The van der Waals surface area contributed by atoms with Crippen LogP contribution in [0.5, 0.6) is 11.5 Å². The van der Waals surface area contributed by atoms with Crippen LogP contribution in [0.3, 0.4) is 0 Å². The number of benzene rings is 1. The van der Waals surface area contributed by atoms with Crippen molar-refractivity contribution < 1.29 is 14.2 Å². The summed E-state index contributed by atoms with van der Waals surface area (Å²) in [5.41, 5.74) is 1.17. The molecule has 1 aromatic rings. The summed E-state index contributed by atoms with van der Waals surface area (Å²) in [6.07, 6.45) is 2.97. The van der Waals surface area contributed by atoms with Gasteiger partial charge in [0.25, 0.3) is 0 Å². The highest BCUT2D eigenvalue weighted by Crippen LogP contribution is 2.29. The van der Waals surface area contributed by atoms with Crippen LogP contribution in [0.1, 0.15) is 5.56 Å². The molecular formula is C13H16O3. The summed E-state index contributed by atoms with van der Waals surface area (Å²) in [6, 6.07) is 5.93. The first kappa shape index (κ1) is 11.0. The zero-order valence-electron chi connectivity index (χ0n) is 9.44. The smallest absolute Gasteiger partial charge is 0.161 e. The molecule has 1 heterocycles. The Morgan fingerprint density at radius 2 is 2.31 bits per heavy atom. The fourth-order valence-electron chi connectivity index (χ4n) is 1.47. The fraction of sp³-hybridized carbons (Fsp3) is 0.385. The Hall–Kier alpha value is -1.48. The minimum absolute atomic E-state index is 0.262. The second-order valence-electron chi connectivity index (χ2n) is 3.74. The van der Waals surface area contributed by atoms with Crippen molar-refractivity contribution in [2.45, 2.75) is 12.5 Å².